The first-order valence-electron chi connectivity index (χ1n) is 45.9. The van der Waals surface area contributed by atoms with Crippen LogP contribution in [0.15, 0.2) is 239 Å². The number of rotatable bonds is 25. The van der Waals surface area contributed by atoms with Crippen LogP contribution in [0.2, 0.25) is 0 Å². The summed E-state index contributed by atoms with van der Waals surface area (Å²) in [6.07, 6.45) is 22.8. The van der Waals surface area contributed by atoms with Crippen molar-refractivity contribution in [3.05, 3.63) is 308 Å². The van der Waals surface area contributed by atoms with E-state index < -0.39 is 127 Å². The van der Waals surface area contributed by atoms with Crippen molar-refractivity contribution >= 4 is 117 Å². The molecule has 757 valence electrons. The molecule has 0 aromatic heterocycles. The van der Waals surface area contributed by atoms with Crippen LogP contribution in [0.25, 0.3) is 0 Å². The quantitative estimate of drug-likeness (QED) is 0.0144. The molecule has 8 aromatic rings. The number of nitrogens with zero attached hydrogens (tertiary/aromatic N) is 4. The van der Waals surface area contributed by atoms with Gasteiger partial charge in [0.2, 0.25) is 41.4 Å². The van der Waals surface area contributed by atoms with Crippen LogP contribution in [-0.4, -0.2) is 155 Å². The number of benzene rings is 8. The normalized spacial score (nSPS) is 19.7. The molecule has 1 fully saturated rings. The van der Waals surface area contributed by atoms with E-state index in [0.717, 1.165) is 168 Å². The summed E-state index contributed by atoms with van der Waals surface area (Å²) in [4.78, 5) is 111. The molecule has 0 spiro atoms. The monoisotopic (exact) mass is 2100 g/mol. The molecular weight excluding hydrogens is 1990 g/mol. The maximum absolute atomic E-state index is 13.3. The molecule has 42 heteroatoms. The predicted molar refractivity (Wildman–Crippen MR) is 523 cm³/mol. The molecule has 8 aromatic carbocycles. The average molecular weight is 2110 g/mol. The van der Waals surface area contributed by atoms with Crippen molar-refractivity contribution in [2.45, 2.75) is 237 Å². The summed E-state index contributed by atoms with van der Waals surface area (Å²) in [5.41, 5.74) is 22.2. The van der Waals surface area contributed by atoms with E-state index in [1.165, 1.54) is 133 Å². The zero-order chi connectivity index (χ0) is 103. The number of carboxylic acids is 1. The van der Waals surface area contributed by atoms with Gasteiger partial charge in [-0.15, -0.1) is 23.2 Å². The van der Waals surface area contributed by atoms with Crippen LogP contribution in [0.5, 0.6) is 0 Å². The van der Waals surface area contributed by atoms with E-state index in [1.807, 2.05) is 64.1 Å². The number of halogens is 2. The number of carbonyl (C=O) groups is 9. The number of hydrogen-bond donors (Lipinski definition) is 12. The molecule has 4 heterocycles. The third kappa shape index (κ3) is 29.0. The molecule has 9 aliphatic rings. The number of hydrogen-bond acceptors (Lipinski definition) is 23. The van der Waals surface area contributed by atoms with Gasteiger partial charge in [-0.1, -0.05) is 138 Å². The zero-order valence-corrected chi connectivity index (χ0v) is 84.3. The van der Waals surface area contributed by atoms with Crippen molar-refractivity contribution in [2.75, 3.05) is 5.34 Å². The Morgan fingerprint density at radius 1 is 0.408 bits per heavy atom. The summed E-state index contributed by atoms with van der Waals surface area (Å²) in [7, 11) is -16.0. The minimum absolute atomic E-state index is 0.00263. The summed E-state index contributed by atoms with van der Waals surface area (Å²) >= 11 is 8.09. The number of sulfonamides is 4. The van der Waals surface area contributed by atoms with Crippen LogP contribution in [0.3, 0.4) is 0 Å². The number of aryl methyl sites for hydroxylation is 8. The molecule has 35 nitrogen and oxygen atoms in total. The molecule has 1 saturated carbocycles. The molecule has 8 atom stereocenters. The Balaban J connectivity index is 0.000000172. The standard InChI is InChI=1S/C27H32N4O4S.C24H27N3O5S.C24H25N3O5S.C13H14N2O5S.C11H15NO.CH2Cl2.Mn.2O/c1-18-5-10-22(11-6-18)36(34,35)31-14-13-28-27(33)25(31)16-26(32)30-24-4-2-3-20-15-19(7-12-23(20)24)17-29-21-8-9-21;2*1-16-5-8-19(9-6-16)33(31,32)27-12-11-25-24(30)22(27)14-23(29)26-21-4-2-3-18-13-17(15-28)7-10-20(18)21;1-9-2-4-10(5-3-9)21(19,20)15-7-6-14-13(18)11(15)8-12(16)17;12-11-3-1-2-9-6-8(7-13)4-5-10(9)11;2-1-3;;;/h5-7,10-15,21,24-25,29H,2-4,8-9,16-17H2,1H3,(H,28,33)(H,30,32);5-13,21-22,28H,2-4,14-15H2,1H3,(H,25,30)(H,26,29);5-13,15,21-22H,2-4,14H2,1H3,(H,25,30)(H,26,29);2-7,11H,8H2,1H3,(H,14,18)(H,16,17);4-6,11,13H,1-3,7,12H2;1H2;;;/t24-,25-;2*21-,22-;2*11-;;;;/m11111..../s1. The van der Waals surface area contributed by atoms with Crippen molar-refractivity contribution in [3.8, 4) is 0 Å². The topological polar surface area (TPSA) is 520 Å². The molecule has 0 unspecified atom stereocenters. The van der Waals surface area contributed by atoms with Crippen molar-refractivity contribution < 1.29 is 115 Å². The van der Waals surface area contributed by atoms with Gasteiger partial charge in [0.1, 0.15) is 30.5 Å². The van der Waals surface area contributed by atoms with Gasteiger partial charge in [-0.2, -0.15) is 0 Å². The third-order valence-electron chi connectivity index (χ3n) is 24.9. The van der Waals surface area contributed by atoms with Crippen molar-refractivity contribution in [1.82, 2.24) is 59.8 Å². The second-order valence-electron chi connectivity index (χ2n) is 35.0. The number of alkyl halides is 2. The number of nitrogens with one attached hydrogen (secondary N) is 8. The number of aliphatic carboxylic acids is 1. The molecule has 0 saturated heterocycles. The molecule has 5 aliphatic carbocycles. The number of nitrogens with two attached hydrogens (primary N) is 1. The van der Waals surface area contributed by atoms with Crippen LogP contribution in [-0.2, 0) is 146 Å². The van der Waals surface area contributed by atoms with Crippen molar-refractivity contribution in [1.29, 1.82) is 0 Å². The predicted octanol–water partition coefficient (Wildman–Crippen LogP) is 10.3. The Kier molecular flexibility index (Phi) is 39.6. The Hall–Kier alpha value is -12.3. The van der Waals surface area contributed by atoms with Crippen LogP contribution in [0.4, 0.5) is 0 Å². The summed E-state index contributed by atoms with van der Waals surface area (Å²) in [6.45, 7) is 8.32. The van der Waals surface area contributed by atoms with Gasteiger partial charge in [-0.3, -0.25) is 60.4 Å². The second-order valence-corrected chi connectivity index (χ2v) is 43.4. The van der Waals surface area contributed by atoms with E-state index in [1.54, 1.807) is 54.6 Å². The van der Waals surface area contributed by atoms with E-state index in [2.05, 4.69) is 72.9 Å². The minimum atomic E-state index is -4.02. The van der Waals surface area contributed by atoms with Gasteiger partial charge in [-0.25, -0.2) is 33.7 Å². The summed E-state index contributed by atoms with van der Waals surface area (Å²) in [5, 5.41) is 49.8. The molecular formula is C100H115Cl2MnN13O22S4. The van der Waals surface area contributed by atoms with E-state index in [9.17, 15) is 81.9 Å². The van der Waals surface area contributed by atoms with Crippen LogP contribution >= 0.6 is 23.2 Å². The van der Waals surface area contributed by atoms with Crippen molar-refractivity contribution in [3.63, 3.8) is 0 Å². The molecule has 17 rings (SSSR count). The molecule has 7 amide bonds. The molecule has 0 bridgehead atoms. The Morgan fingerprint density at radius 2 is 0.683 bits per heavy atom. The zero-order valence-electron chi connectivity index (χ0n) is 78.3. The van der Waals surface area contributed by atoms with Gasteiger partial charge in [-0.05, 0) is 233 Å². The molecule has 0 radical (unpaired) electrons. The summed E-state index contributed by atoms with van der Waals surface area (Å²) < 4.78 is 125. The van der Waals surface area contributed by atoms with Crippen molar-refractivity contribution in [2.24, 2.45) is 5.73 Å². The number of aliphatic hydroxyl groups is 2. The number of aldehydes is 1. The Bertz CT molecular complexity index is 6580. The molecule has 142 heavy (non-hydrogen) atoms. The molecule has 13 N–H and O–H groups in total. The van der Waals surface area contributed by atoms with E-state index in [0.29, 0.717) is 11.6 Å². The number of carbonyl (C=O) groups excluding carboxylic acids is 8. The van der Waals surface area contributed by atoms with Gasteiger partial charge >= 0.3 is 28.5 Å². The summed E-state index contributed by atoms with van der Waals surface area (Å²) in [6, 6.07) is 44.1. The number of carboxylic acid groups (broad SMARTS) is 1. The Labute approximate surface area is 841 Å². The first kappa shape index (κ1) is 110. The van der Waals surface area contributed by atoms with Crippen LogP contribution < -0.4 is 48.3 Å². The Morgan fingerprint density at radius 3 is 0.986 bits per heavy atom. The van der Waals surface area contributed by atoms with E-state index >= 15 is 0 Å². The van der Waals surface area contributed by atoms with Gasteiger partial charge in [0.25, 0.3) is 40.1 Å². The third-order valence-corrected chi connectivity index (χ3v) is 32.1. The molecule has 4 aliphatic heterocycles. The first-order chi connectivity index (χ1) is 67.8. The fourth-order valence-corrected chi connectivity index (χ4v) is 23.2. The number of aliphatic hydroxyl groups excluding tert-OH is 2. The van der Waals surface area contributed by atoms with Gasteiger partial charge < -0.3 is 63.6 Å². The SMILES string of the molecule is Cc1ccc(S(=O)(=O)N2C=CNC(=O)[C@H]2CC(=O)N[C@@H]2CCCc3cc(C=O)ccc32)cc1.Cc1ccc(S(=O)(=O)N2C=CNC(=O)[C@H]2CC(=O)N[C@@H]2CCCc3cc(CNC4CC4)ccc32)cc1.Cc1ccc(S(=O)(=O)N2C=CNC(=O)[C@H]2CC(=O)N[C@@H]2CCCc3cc(CO)ccc32)cc1.Cc1ccc(S(=O)(=O)N2C=CNC(=O)[C@H]2CC(=O)O)cc1.ClCCl.N[C@@H]1CCCc2cc(CO)ccc21.[O]=[Mn]=[O]. The van der Waals surface area contributed by atoms with E-state index in [-0.39, 0.29) is 87.5 Å². The van der Waals surface area contributed by atoms with Gasteiger partial charge in [0, 0.05) is 73.8 Å². The fraction of sp³-hybridized carbons (Fsp3) is 0.350. The average Bonchev–Trinajstić information content (AvgIpc) is 1.32. The summed E-state index contributed by atoms with van der Waals surface area (Å²) in [5.74, 6) is -4.76. The van der Waals surface area contributed by atoms with Crippen LogP contribution in [0, 0.1) is 27.7 Å². The van der Waals surface area contributed by atoms with Crippen LogP contribution in [0.1, 0.15) is 208 Å². The second kappa shape index (κ2) is 51.1. The maximum atomic E-state index is 13.3. The van der Waals surface area contributed by atoms with E-state index in [4.69, 9.17) is 46.8 Å². The first-order valence-corrected chi connectivity index (χ1v) is 53.7. The fourth-order valence-electron chi connectivity index (χ4n) is 17.4. The number of fused-ring (bicyclic) bond motifs is 4. The van der Waals surface area contributed by atoms with Gasteiger partial charge in [0.05, 0.1) is 81.9 Å². The number of amides is 7. The van der Waals surface area contributed by atoms with Gasteiger partial charge in [0.15, 0.2) is 0 Å².